The smallest absolute Gasteiger partial charge is 0.228 e. The molecular weight excluding hydrogens is 204 g/mol. The summed E-state index contributed by atoms with van der Waals surface area (Å²) in [6, 6.07) is 1.76. The highest BCUT2D eigenvalue weighted by atomic mass is 16.5. The van der Waals surface area contributed by atoms with Crippen molar-refractivity contribution >= 4 is 5.95 Å². The summed E-state index contributed by atoms with van der Waals surface area (Å²) in [5.74, 6) is 1.34. The maximum Gasteiger partial charge on any atom is 0.228 e. The zero-order valence-corrected chi connectivity index (χ0v) is 10.2. The quantitative estimate of drug-likeness (QED) is 0.746. The van der Waals surface area contributed by atoms with Crippen LogP contribution in [0, 0.1) is 0 Å². The van der Waals surface area contributed by atoms with Crippen molar-refractivity contribution in [3.8, 4) is 5.88 Å². The lowest BCUT2D eigenvalue weighted by molar-refractivity contribution is 0.396. The molecule has 1 N–H and O–H groups in total. The molecule has 0 saturated heterocycles. The zero-order chi connectivity index (χ0) is 11.8. The molecule has 0 aromatic carbocycles. The van der Waals surface area contributed by atoms with Crippen molar-refractivity contribution < 1.29 is 4.74 Å². The fourth-order valence-electron chi connectivity index (χ4n) is 1.43. The lowest BCUT2D eigenvalue weighted by Crippen LogP contribution is -2.32. The normalized spacial score (nSPS) is 10.2. The summed E-state index contributed by atoms with van der Waals surface area (Å²) in [4.78, 5) is 10.7. The number of methoxy groups -OCH3 is 1. The van der Waals surface area contributed by atoms with Crippen LogP contribution in [-0.2, 0) is 0 Å². The first-order valence-corrected chi connectivity index (χ1v) is 5.58. The van der Waals surface area contributed by atoms with E-state index in [-0.39, 0.29) is 0 Å². The van der Waals surface area contributed by atoms with Crippen molar-refractivity contribution in [1.29, 1.82) is 0 Å². The number of ether oxygens (including phenoxy) is 1. The second-order valence-corrected chi connectivity index (χ2v) is 3.49. The van der Waals surface area contributed by atoms with Gasteiger partial charge < -0.3 is 15.0 Å². The molecule has 1 rings (SSSR count). The second kappa shape index (κ2) is 7.00. The largest absolute Gasteiger partial charge is 0.481 e. The van der Waals surface area contributed by atoms with E-state index >= 15 is 0 Å². The van der Waals surface area contributed by atoms with E-state index in [4.69, 9.17) is 4.74 Å². The van der Waals surface area contributed by atoms with E-state index in [0.29, 0.717) is 5.88 Å². The van der Waals surface area contributed by atoms with E-state index < -0.39 is 0 Å². The molecule has 0 atom stereocenters. The van der Waals surface area contributed by atoms with E-state index in [9.17, 15) is 0 Å². The molecule has 5 nitrogen and oxygen atoms in total. The molecule has 1 aromatic heterocycles. The standard InChI is InChI=1S/C11H20N4O/c1-4-8-15(9-7-12-2)11-13-6-5-10(14-11)16-3/h5-6,12H,4,7-9H2,1-3H3. The summed E-state index contributed by atoms with van der Waals surface area (Å²) in [5.41, 5.74) is 0. The van der Waals surface area contributed by atoms with Crippen LogP contribution in [0.1, 0.15) is 13.3 Å². The fraction of sp³-hybridized carbons (Fsp3) is 0.636. The topological polar surface area (TPSA) is 50.3 Å². The van der Waals surface area contributed by atoms with Gasteiger partial charge in [0, 0.05) is 31.9 Å². The first-order chi connectivity index (χ1) is 7.81. The fourth-order valence-corrected chi connectivity index (χ4v) is 1.43. The molecule has 0 unspecified atom stereocenters. The highest BCUT2D eigenvalue weighted by molar-refractivity contribution is 5.31. The number of hydrogen-bond donors (Lipinski definition) is 1. The van der Waals surface area contributed by atoms with Crippen molar-refractivity contribution in [2.24, 2.45) is 0 Å². The molecule has 0 amide bonds. The van der Waals surface area contributed by atoms with E-state index in [0.717, 1.165) is 32.0 Å². The minimum absolute atomic E-state index is 0.607. The Morgan fingerprint density at radius 1 is 1.44 bits per heavy atom. The number of hydrogen-bond acceptors (Lipinski definition) is 5. The van der Waals surface area contributed by atoms with E-state index in [1.165, 1.54) is 0 Å². The third kappa shape index (κ3) is 3.66. The number of anilines is 1. The Morgan fingerprint density at radius 2 is 2.25 bits per heavy atom. The number of rotatable bonds is 7. The van der Waals surface area contributed by atoms with E-state index in [1.807, 2.05) is 7.05 Å². The van der Waals surface area contributed by atoms with Crippen LogP contribution in [0.4, 0.5) is 5.95 Å². The molecule has 0 aliphatic rings. The molecule has 0 saturated carbocycles. The lowest BCUT2D eigenvalue weighted by atomic mass is 10.4. The summed E-state index contributed by atoms with van der Waals surface area (Å²) >= 11 is 0. The monoisotopic (exact) mass is 224 g/mol. The molecule has 16 heavy (non-hydrogen) atoms. The van der Waals surface area contributed by atoms with Crippen LogP contribution in [0.2, 0.25) is 0 Å². The summed E-state index contributed by atoms with van der Waals surface area (Å²) in [6.07, 6.45) is 2.80. The summed E-state index contributed by atoms with van der Waals surface area (Å²) in [6.45, 7) is 4.92. The summed E-state index contributed by atoms with van der Waals surface area (Å²) in [7, 11) is 3.56. The van der Waals surface area contributed by atoms with Crippen LogP contribution >= 0.6 is 0 Å². The Kier molecular flexibility index (Phi) is 5.56. The predicted molar refractivity (Wildman–Crippen MR) is 65.0 cm³/mol. The van der Waals surface area contributed by atoms with Gasteiger partial charge >= 0.3 is 0 Å². The van der Waals surface area contributed by atoms with Crippen molar-refractivity contribution in [2.45, 2.75) is 13.3 Å². The van der Waals surface area contributed by atoms with Crippen molar-refractivity contribution in [2.75, 3.05) is 38.7 Å². The van der Waals surface area contributed by atoms with Crippen LogP contribution in [0.3, 0.4) is 0 Å². The zero-order valence-electron chi connectivity index (χ0n) is 10.2. The van der Waals surface area contributed by atoms with Crippen molar-refractivity contribution in [3.63, 3.8) is 0 Å². The van der Waals surface area contributed by atoms with Crippen LogP contribution in [-0.4, -0.2) is 43.8 Å². The second-order valence-electron chi connectivity index (χ2n) is 3.49. The van der Waals surface area contributed by atoms with Gasteiger partial charge in [-0.3, -0.25) is 0 Å². The van der Waals surface area contributed by atoms with Gasteiger partial charge in [-0.05, 0) is 13.5 Å². The molecule has 90 valence electrons. The molecule has 0 bridgehead atoms. The Morgan fingerprint density at radius 3 is 2.88 bits per heavy atom. The van der Waals surface area contributed by atoms with Crippen LogP contribution < -0.4 is 15.0 Å². The van der Waals surface area contributed by atoms with E-state index in [2.05, 4.69) is 27.1 Å². The number of likely N-dealkylation sites (N-methyl/N-ethyl adjacent to an activating group) is 1. The van der Waals surface area contributed by atoms with Gasteiger partial charge in [-0.1, -0.05) is 6.92 Å². The molecular formula is C11H20N4O. The Labute approximate surface area is 96.8 Å². The molecule has 1 aromatic rings. The van der Waals surface area contributed by atoms with Gasteiger partial charge in [-0.25, -0.2) is 4.98 Å². The third-order valence-electron chi connectivity index (χ3n) is 2.23. The number of nitrogens with one attached hydrogen (secondary N) is 1. The lowest BCUT2D eigenvalue weighted by Gasteiger charge is -2.21. The van der Waals surface area contributed by atoms with Gasteiger partial charge in [0.1, 0.15) is 0 Å². The first-order valence-electron chi connectivity index (χ1n) is 5.58. The highest BCUT2D eigenvalue weighted by Crippen LogP contribution is 2.12. The first kappa shape index (κ1) is 12.7. The number of nitrogens with zero attached hydrogens (tertiary/aromatic N) is 3. The van der Waals surface area contributed by atoms with Crippen LogP contribution in [0.25, 0.3) is 0 Å². The minimum atomic E-state index is 0.607. The van der Waals surface area contributed by atoms with Gasteiger partial charge in [0.25, 0.3) is 0 Å². The Hall–Kier alpha value is -1.36. The van der Waals surface area contributed by atoms with Crippen LogP contribution in [0.5, 0.6) is 5.88 Å². The molecule has 0 spiro atoms. The molecule has 0 fully saturated rings. The maximum absolute atomic E-state index is 5.09. The average molecular weight is 224 g/mol. The molecule has 5 heteroatoms. The van der Waals surface area contributed by atoms with E-state index in [1.54, 1.807) is 19.4 Å². The summed E-state index contributed by atoms with van der Waals surface area (Å²) in [5, 5.41) is 3.13. The summed E-state index contributed by atoms with van der Waals surface area (Å²) < 4.78 is 5.09. The van der Waals surface area contributed by atoms with Gasteiger partial charge in [0.15, 0.2) is 0 Å². The maximum atomic E-state index is 5.09. The highest BCUT2D eigenvalue weighted by Gasteiger charge is 2.08. The van der Waals surface area contributed by atoms with Gasteiger partial charge in [0.2, 0.25) is 11.8 Å². The molecule has 0 radical (unpaired) electrons. The minimum Gasteiger partial charge on any atom is -0.481 e. The Balaban J connectivity index is 2.73. The van der Waals surface area contributed by atoms with Gasteiger partial charge in [0.05, 0.1) is 7.11 Å². The SMILES string of the molecule is CCCN(CCNC)c1nccc(OC)n1. The Bertz CT molecular complexity index is 306. The average Bonchev–Trinajstić information content (AvgIpc) is 2.34. The molecule has 1 heterocycles. The molecule has 0 aliphatic heterocycles. The van der Waals surface area contributed by atoms with Crippen molar-refractivity contribution in [3.05, 3.63) is 12.3 Å². The number of aromatic nitrogens is 2. The van der Waals surface area contributed by atoms with Crippen LogP contribution in [0.15, 0.2) is 12.3 Å². The predicted octanol–water partition coefficient (Wildman–Crippen LogP) is 0.921. The van der Waals surface area contributed by atoms with Gasteiger partial charge in [-0.2, -0.15) is 4.98 Å². The molecule has 0 aliphatic carbocycles. The van der Waals surface area contributed by atoms with Crippen molar-refractivity contribution in [1.82, 2.24) is 15.3 Å². The van der Waals surface area contributed by atoms with Gasteiger partial charge in [-0.15, -0.1) is 0 Å². The third-order valence-corrected chi connectivity index (χ3v) is 2.23.